The van der Waals surface area contributed by atoms with Crippen LogP contribution in [-0.2, 0) is 28.2 Å². The fourth-order valence-electron chi connectivity index (χ4n) is 3.36. The zero-order chi connectivity index (χ0) is 19.3. The van der Waals surface area contributed by atoms with E-state index in [1.54, 1.807) is 25.1 Å². The monoisotopic (exact) mass is 380 g/mol. The Labute approximate surface area is 158 Å². The van der Waals surface area contributed by atoms with E-state index in [9.17, 15) is 9.59 Å². The highest BCUT2D eigenvalue weighted by Crippen LogP contribution is 2.29. The maximum absolute atomic E-state index is 12.2. The van der Waals surface area contributed by atoms with Crippen LogP contribution < -0.4 is 10.6 Å². The maximum atomic E-state index is 12.2. The summed E-state index contributed by atoms with van der Waals surface area (Å²) in [7, 11) is 0. The smallest absolute Gasteiger partial charge is 0.322 e. The molecular weight excluding hydrogens is 364 g/mol. The van der Waals surface area contributed by atoms with E-state index in [0.29, 0.717) is 48.3 Å². The van der Waals surface area contributed by atoms with Crippen LogP contribution in [0.2, 0.25) is 0 Å². The molecule has 0 bridgehead atoms. The molecular formula is C18H16N6O4. The van der Waals surface area contributed by atoms with Gasteiger partial charge in [-0.05, 0) is 24.6 Å². The van der Waals surface area contributed by atoms with Gasteiger partial charge in [-0.3, -0.25) is 14.8 Å². The molecule has 10 heteroatoms. The van der Waals surface area contributed by atoms with Crippen molar-refractivity contribution in [3.63, 3.8) is 0 Å². The molecule has 3 aromatic rings. The second-order valence-corrected chi connectivity index (χ2v) is 6.83. The third kappa shape index (κ3) is 2.57. The van der Waals surface area contributed by atoms with Crippen LogP contribution in [0.15, 0.2) is 34.9 Å². The predicted molar refractivity (Wildman–Crippen MR) is 94.6 cm³/mol. The molecule has 1 atom stereocenters. The summed E-state index contributed by atoms with van der Waals surface area (Å²) in [5, 5.41) is 13.4. The first-order valence-corrected chi connectivity index (χ1v) is 8.76. The Kier molecular flexibility index (Phi) is 3.56. The molecule has 2 aromatic heterocycles. The number of urea groups is 1. The summed E-state index contributed by atoms with van der Waals surface area (Å²) in [6, 6.07) is 8.45. The summed E-state index contributed by atoms with van der Waals surface area (Å²) in [4.78, 5) is 28.2. The topological polar surface area (TPSA) is 124 Å². The Morgan fingerprint density at radius 1 is 1.25 bits per heavy atom. The summed E-state index contributed by atoms with van der Waals surface area (Å²) in [5.41, 5.74) is 1.68. The zero-order valence-corrected chi connectivity index (χ0v) is 14.9. The van der Waals surface area contributed by atoms with Gasteiger partial charge in [0.05, 0.1) is 25.5 Å². The largest absolute Gasteiger partial charge is 0.373 e. The van der Waals surface area contributed by atoms with Crippen LogP contribution in [0, 0.1) is 0 Å². The molecule has 2 aliphatic rings. The van der Waals surface area contributed by atoms with E-state index in [-0.39, 0.29) is 0 Å². The van der Waals surface area contributed by atoms with Crippen molar-refractivity contribution in [3.8, 4) is 23.0 Å². The van der Waals surface area contributed by atoms with Crippen LogP contribution in [0.5, 0.6) is 0 Å². The molecule has 1 aromatic carbocycles. The van der Waals surface area contributed by atoms with Crippen LogP contribution in [0.4, 0.5) is 4.79 Å². The average Bonchev–Trinajstić information content (AvgIpc) is 3.39. The summed E-state index contributed by atoms with van der Waals surface area (Å²) in [6.07, 6.45) is 0. The van der Waals surface area contributed by atoms with E-state index in [4.69, 9.17) is 9.26 Å². The number of imide groups is 1. The molecule has 1 saturated heterocycles. The number of aromatic nitrogens is 4. The Morgan fingerprint density at radius 2 is 2.14 bits per heavy atom. The highest BCUT2D eigenvalue weighted by molar-refractivity contribution is 6.07. The van der Waals surface area contributed by atoms with Gasteiger partial charge in [0.15, 0.2) is 5.69 Å². The number of hydrogen-bond donors (Lipinski definition) is 2. The molecule has 0 spiro atoms. The van der Waals surface area contributed by atoms with Gasteiger partial charge >= 0.3 is 6.03 Å². The van der Waals surface area contributed by atoms with Gasteiger partial charge in [0.1, 0.15) is 5.54 Å². The van der Waals surface area contributed by atoms with Crippen LogP contribution in [-0.4, -0.2) is 38.5 Å². The Morgan fingerprint density at radius 3 is 2.93 bits per heavy atom. The number of rotatable bonds is 3. The van der Waals surface area contributed by atoms with E-state index in [1.807, 2.05) is 16.8 Å². The van der Waals surface area contributed by atoms with Crippen molar-refractivity contribution in [1.29, 1.82) is 0 Å². The number of carbonyl (C=O) groups is 2. The van der Waals surface area contributed by atoms with E-state index in [1.165, 1.54) is 0 Å². The van der Waals surface area contributed by atoms with E-state index in [0.717, 1.165) is 5.69 Å². The van der Waals surface area contributed by atoms with Gasteiger partial charge in [-0.1, -0.05) is 23.4 Å². The lowest BCUT2D eigenvalue weighted by Crippen LogP contribution is -2.40. The number of hydrogen-bond acceptors (Lipinski definition) is 7. The number of nitrogens with one attached hydrogen (secondary N) is 2. The van der Waals surface area contributed by atoms with Crippen LogP contribution in [0.3, 0.4) is 0 Å². The molecule has 28 heavy (non-hydrogen) atoms. The molecule has 3 amide bonds. The molecule has 5 rings (SSSR count). The highest BCUT2D eigenvalue weighted by atomic mass is 16.5. The summed E-state index contributed by atoms with van der Waals surface area (Å²) < 4.78 is 12.7. The number of ether oxygens (including phenoxy) is 1. The number of carbonyl (C=O) groups excluding carboxylic acids is 2. The van der Waals surface area contributed by atoms with Crippen molar-refractivity contribution in [2.45, 2.75) is 25.6 Å². The first-order valence-electron chi connectivity index (χ1n) is 8.76. The minimum atomic E-state index is -1.15. The second-order valence-electron chi connectivity index (χ2n) is 6.83. The summed E-state index contributed by atoms with van der Waals surface area (Å²) >= 11 is 0. The highest BCUT2D eigenvalue weighted by Gasteiger charge is 2.43. The van der Waals surface area contributed by atoms with Crippen LogP contribution in [0.1, 0.15) is 18.2 Å². The number of fused-ring (bicyclic) bond motifs is 1. The van der Waals surface area contributed by atoms with Gasteiger partial charge in [-0.15, -0.1) is 0 Å². The average molecular weight is 380 g/mol. The SMILES string of the molecule is CC1(c2cccc(-c3noc(-c4cc5n(n4)CCOC5)n3)c2)NC(=O)NC1=O. The molecule has 10 nitrogen and oxygen atoms in total. The summed E-state index contributed by atoms with van der Waals surface area (Å²) in [6.45, 7) is 3.46. The van der Waals surface area contributed by atoms with Crippen LogP contribution >= 0.6 is 0 Å². The van der Waals surface area contributed by atoms with Crippen molar-refractivity contribution < 1.29 is 18.8 Å². The molecule has 0 aliphatic carbocycles. The molecule has 142 valence electrons. The van der Waals surface area contributed by atoms with Gasteiger partial charge in [0.2, 0.25) is 5.82 Å². The van der Waals surface area contributed by atoms with Crippen molar-refractivity contribution in [3.05, 3.63) is 41.6 Å². The van der Waals surface area contributed by atoms with Crippen LogP contribution in [0.25, 0.3) is 23.0 Å². The molecule has 2 aliphatic heterocycles. The lowest BCUT2D eigenvalue weighted by molar-refractivity contribution is -0.123. The molecule has 1 fully saturated rings. The standard InChI is InChI=1S/C18H16N6O4/c1-18(16(25)20-17(26)21-18)11-4-2-3-10(7-11)14-19-15(28-23-14)13-8-12-9-27-6-5-24(12)22-13/h2-4,7-8H,5-6,9H2,1H3,(H2,20,21,25,26). The third-order valence-corrected chi connectivity index (χ3v) is 4.95. The van der Waals surface area contributed by atoms with Gasteiger partial charge < -0.3 is 14.6 Å². The van der Waals surface area contributed by atoms with Crippen molar-refractivity contribution in [1.82, 2.24) is 30.6 Å². The minimum Gasteiger partial charge on any atom is -0.373 e. The Bertz CT molecular complexity index is 1080. The normalized spacial score (nSPS) is 21.3. The second kappa shape index (κ2) is 5.99. The van der Waals surface area contributed by atoms with Crippen molar-refractivity contribution >= 4 is 11.9 Å². The first-order chi connectivity index (χ1) is 13.5. The van der Waals surface area contributed by atoms with Gasteiger partial charge in [-0.2, -0.15) is 10.1 Å². The summed E-state index contributed by atoms with van der Waals surface area (Å²) in [5.74, 6) is 0.266. The number of amides is 3. The Hall–Kier alpha value is -3.53. The maximum Gasteiger partial charge on any atom is 0.322 e. The lowest BCUT2D eigenvalue weighted by Gasteiger charge is -2.21. The zero-order valence-electron chi connectivity index (χ0n) is 14.9. The van der Waals surface area contributed by atoms with E-state index in [2.05, 4.69) is 25.9 Å². The van der Waals surface area contributed by atoms with Crippen molar-refractivity contribution in [2.24, 2.45) is 0 Å². The quantitative estimate of drug-likeness (QED) is 0.654. The molecule has 2 N–H and O–H groups in total. The fraction of sp³-hybridized carbons (Fsp3) is 0.278. The number of benzene rings is 1. The number of nitrogens with zero attached hydrogens (tertiary/aromatic N) is 4. The predicted octanol–water partition coefficient (Wildman–Crippen LogP) is 1.18. The molecule has 0 radical (unpaired) electrons. The third-order valence-electron chi connectivity index (χ3n) is 4.95. The molecule has 4 heterocycles. The Balaban J connectivity index is 1.47. The van der Waals surface area contributed by atoms with Crippen molar-refractivity contribution in [2.75, 3.05) is 6.61 Å². The van der Waals surface area contributed by atoms with Gasteiger partial charge in [-0.25, -0.2) is 4.79 Å². The van der Waals surface area contributed by atoms with E-state index < -0.39 is 17.5 Å². The fourth-order valence-corrected chi connectivity index (χ4v) is 3.36. The molecule has 1 unspecified atom stereocenters. The lowest BCUT2D eigenvalue weighted by atomic mass is 9.91. The molecule has 0 saturated carbocycles. The minimum absolute atomic E-state index is 0.306. The first kappa shape index (κ1) is 16.6. The van der Waals surface area contributed by atoms with Gasteiger partial charge in [0, 0.05) is 5.56 Å². The van der Waals surface area contributed by atoms with E-state index >= 15 is 0 Å². The van der Waals surface area contributed by atoms with Gasteiger partial charge in [0.25, 0.3) is 11.8 Å².